The molecule has 0 radical (unpaired) electrons. The fourth-order valence-corrected chi connectivity index (χ4v) is 5.31. The van der Waals surface area contributed by atoms with Gasteiger partial charge in [0.05, 0.1) is 6.61 Å². The molecule has 1 saturated heterocycles. The van der Waals surface area contributed by atoms with E-state index < -0.39 is 10.0 Å². The van der Waals surface area contributed by atoms with Crippen LogP contribution in [0.15, 0.2) is 23.1 Å². The minimum Gasteiger partial charge on any atom is -0.487 e. The zero-order valence-corrected chi connectivity index (χ0v) is 16.5. The van der Waals surface area contributed by atoms with Gasteiger partial charge >= 0.3 is 0 Å². The lowest BCUT2D eigenvalue weighted by Gasteiger charge is -2.37. The summed E-state index contributed by atoms with van der Waals surface area (Å²) in [4.78, 5) is 0.0792. The summed E-state index contributed by atoms with van der Waals surface area (Å²) in [5.74, 6) is 0.281. The Balaban J connectivity index is 2.41. The molecule has 142 valence electrons. The Morgan fingerprint density at radius 3 is 2.72 bits per heavy atom. The number of sulfonamides is 1. The number of benzene rings is 1. The largest absolute Gasteiger partial charge is 0.487 e. The minimum atomic E-state index is -3.77. The maximum absolute atomic E-state index is 13.3. The number of halogens is 1. The van der Waals surface area contributed by atoms with Gasteiger partial charge in [-0.1, -0.05) is 18.0 Å². The normalized spacial score (nSPS) is 21.7. The average Bonchev–Trinajstić information content (AvgIpc) is 2.56. The van der Waals surface area contributed by atoms with Crippen LogP contribution in [-0.4, -0.2) is 51.2 Å². The SMILES string of the molecule is COCC(C)Oc1ccc(Cl)cc1S(=O)(=O)N1CCCCC1C(C)N. The summed E-state index contributed by atoms with van der Waals surface area (Å²) in [5.41, 5.74) is 6.04. The molecule has 0 bridgehead atoms. The summed E-state index contributed by atoms with van der Waals surface area (Å²) in [6, 6.07) is 4.19. The number of hydrogen-bond donors (Lipinski definition) is 1. The molecule has 1 aromatic carbocycles. The molecule has 0 saturated carbocycles. The van der Waals surface area contributed by atoms with Crippen molar-refractivity contribution in [1.29, 1.82) is 0 Å². The maximum atomic E-state index is 13.3. The number of rotatable bonds is 7. The Hall–Kier alpha value is -0.860. The van der Waals surface area contributed by atoms with Crippen molar-refractivity contribution in [2.45, 2.75) is 56.2 Å². The average molecular weight is 391 g/mol. The second-order valence-corrected chi connectivity index (χ2v) is 8.81. The van der Waals surface area contributed by atoms with E-state index in [0.29, 0.717) is 18.2 Å². The fourth-order valence-electron chi connectivity index (χ4n) is 3.15. The first-order valence-electron chi connectivity index (χ1n) is 8.50. The molecule has 25 heavy (non-hydrogen) atoms. The highest BCUT2D eigenvalue weighted by molar-refractivity contribution is 7.89. The van der Waals surface area contributed by atoms with Gasteiger partial charge in [-0.3, -0.25) is 0 Å². The molecule has 2 rings (SSSR count). The molecule has 6 nitrogen and oxygen atoms in total. The topological polar surface area (TPSA) is 81.9 Å². The van der Waals surface area contributed by atoms with Gasteiger partial charge in [-0.25, -0.2) is 8.42 Å². The standard InChI is InChI=1S/C17H27ClN2O4S/c1-12(11-23-3)24-16-8-7-14(18)10-17(16)25(21,22)20-9-5-4-6-15(20)13(2)19/h7-8,10,12-13,15H,4-6,9,11,19H2,1-3H3. The van der Waals surface area contributed by atoms with E-state index in [1.165, 1.54) is 10.4 Å². The number of methoxy groups -OCH3 is 1. The molecule has 0 aromatic heterocycles. The first kappa shape index (κ1) is 20.5. The second-order valence-electron chi connectivity index (χ2n) is 6.51. The lowest BCUT2D eigenvalue weighted by Crippen LogP contribution is -2.51. The van der Waals surface area contributed by atoms with E-state index in [1.807, 2.05) is 13.8 Å². The van der Waals surface area contributed by atoms with Crippen LogP contribution in [0.4, 0.5) is 0 Å². The predicted molar refractivity (Wildman–Crippen MR) is 98.6 cm³/mol. The summed E-state index contributed by atoms with van der Waals surface area (Å²) >= 11 is 6.07. The number of nitrogens with two attached hydrogens (primary N) is 1. The van der Waals surface area contributed by atoms with Crippen molar-refractivity contribution in [2.75, 3.05) is 20.3 Å². The van der Waals surface area contributed by atoms with Crippen LogP contribution >= 0.6 is 11.6 Å². The molecule has 0 aliphatic carbocycles. The Morgan fingerprint density at radius 2 is 2.08 bits per heavy atom. The monoisotopic (exact) mass is 390 g/mol. The third-order valence-corrected chi connectivity index (χ3v) is 6.51. The van der Waals surface area contributed by atoms with E-state index in [0.717, 1.165) is 19.3 Å². The summed E-state index contributed by atoms with van der Waals surface area (Å²) in [6.45, 7) is 4.47. The van der Waals surface area contributed by atoms with Gasteiger partial charge < -0.3 is 15.2 Å². The van der Waals surface area contributed by atoms with Crippen molar-refractivity contribution < 1.29 is 17.9 Å². The van der Waals surface area contributed by atoms with E-state index >= 15 is 0 Å². The van der Waals surface area contributed by atoms with Crippen LogP contribution in [-0.2, 0) is 14.8 Å². The van der Waals surface area contributed by atoms with Crippen molar-refractivity contribution >= 4 is 21.6 Å². The Morgan fingerprint density at radius 1 is 1.36 bits per heavy atom. The van der Waals surface area contributed by atoms with Crippen LogP contribution in [0.2, 0.25) is 5.02 Å². The van der Waals surface area contributed by atoms with Gasteiger partial charge in [0.25, 0.3) is 0 Å². The van der Waals surface area contributed by atoms with Crippen molar-refractivity contribution in [3.63, 3.8) is 0 Å². The molecule has 1 heterocycles. The fraction of sp³-hybridized carbons (Fsp3) is 0.647. The van der Waals surface area contributed by atoms with E-state index in [2.05, 4.69) is 0 Å². The molecule has 3 atom stereocenters. The lowest BCUT2D eigenvalue weighted by atomic mass is 10.00. The van der Waals surface area contributed by atoms with Gasteiger partial charge in [0.2, 0.25) is 10.0 Å². The molecular weight excluding hydrogens is 364 g/mol. The number of nitrogens with zero attached hydrogens (tertiary/aromatic N) is 1. The number of ether oxygens (including phenoxy) is 2. The number of hydrogen-bond acceptors (Lipinski definition) is 5. The van der Waals surface area contributed by atoms with Crippen molar-refractivity contribution in [1.82, 2.24) is 4.31 Å². The van der Waals surface area contributed by atoms with E-state index in [4.69, 9.17) is 26.8 Å². The smallest absolute Gasteiger partial charge is 0.247 e. The summed E-state index contributed by atoms with van der Waals surface area (Å²) in [6.07, 6.45) is 2.26. The van der Waals surface area contributed by atoms with Crippen molar-refractivity contribution in [3.8, 4) is 5.75 Å². The Kier molecular flexibility index (Phi) is 7.10. The molecule has 0 amide bonds. The van der Waals surface area contributed by atoms with Crippen LogP contribution in [0, 0.1) is 0 Å². The first-order valence-corrected chi connectivity index (χ1v) is 10.3. The van der Waals surface area contributed by atoms with Crippen LogP contribution in [0.1, 0.15) is 33.1 Å². The van der Waals surface area contributed by atoms with Crippen LogP contribution in [0.25, 0.3) is 0 Å². The second kappa shape index (κ2) is 8.68. The minimum absolute atomic E-state index is 0.0792. The van der Waals surface area contributed by atoms with E-state index in [9.17, 15) is 8.42 Å². The molecule has 1 aliphatic heterocycles. The van der Waals surface area contributed by atoms with Crippen LogP contribution in [0.3, 0.4) is 0 Å². The van der Waals surface area contributed by atoms with Gasteiger partial charge in [0, 0.05) is 30.8 Å². The predicted octanol–water partition coefficient (Wildman–Crippen LogP) is 2.64. The summed E-state index contributed by atoms with van der Waals surface area (Å²) in [5, 5.41) is 0.347. The van der Waals surface area contributed by atoms with Crippen LogP contribution < -0.4 is 10.5 Å². The zero-order chi connectivity index (χ0) is 18.6. The Labute approximate surface area is 155 Å². The molecule has 2 N–H and O–H groups in total. The maximum Gasteiger partial charge on any atom is 0.247 e. The lowest BCUT2D eigenvalue weighted by molar-refractivity contribution is 0.0899. The quantitative estimate of drug-likeness (QED) is 0.773. The summed E-state index contributed by atoms with van der Waals surface area (Å²) < 4.78 is 39.0. The summed E-state index contributed by atoms with van der Waals surface area (Å²) in [7, 11) is -2.20. The van der Waals surface area contributed by atoms with Crippen molar-refractivity contribution in [3.05, 3.63) is 23.2 Å². The molecule has 8 heteroatoms. The van der Waals surface area contributed by atoms with Gasteiger partial charge in [-0.15, -0.1) is 0 Å². The van der Waals surface area contributed by atoms with Gasteiger partial charge in [-0.05, 0) is 44.9 Å². The third-order valence-electron chi connectivity index (χ3n) is 4.33. The van der Waals surface area contributed by atoms with Crippen molar-refractivity contribution in [2.24, 2.45) is 5.73 Å². The van der Waals surface area contributed by atoms with Gasteiger partial charge in [0.15, 0.2) is 0 Å². The zero-order valence-electron chi connectivity index (χ0n) is 14.9. The van der Waals surface area contributed by atoms with Gasteiger partial charge in [0.1, 0.15) is 16.7 Å². The highest BCUT2D eigenvalue weighted by Gasteiger charge is 2.37. The highest BCUT2D eigenvalue weighted by atomic mass is 35.5. The number of piperidine rings is 1. The third kappa shape index (κ3) is 4.86. The molecule has 1 fully saturated rings. The molecule has 1 aliphatic rings. The van der Waals surface area contributed by atoms with E-state index in [-0.39, 0.29) is 28.8 Å². The molecule has 0 spiro atoms. The van der Waals surface area contributed by atoms with E-state index in [1.54, 1.807) is 19.2 Å². The highest BCUT2D eigenvalue weighted by Crippen LogP contribution is 2.34. The first-order chi connectivity index (χ1) is 11.8. The van der Waals surface area contributed by atoms with Crippen LogP contribution in [0.5, 0.6) is 5.75 Å². The van der Waals surface area contributed by atoms with Gasteiger partial charge in [-0.2, -0.15) is 4.31 Å². The molecular formula is C17H27ClN2O4S. The Bertz CT molecular complexity index is 681. The molecule has 1 aromatic rings. The molecule has 3 unspecified atom stereocenters.